The number of nitrogens with zero attached hydrogens (tertiary/aromatic N) is 1. The highest BCUT2D eigenvalue weighted by molar-refractivity contribution is 6.05. The van der Waals surface area contributed by atoms with E-state index in [9.17, 15) is 0 Å². The van der Waals surface area contributed by atoms with Gasteiger partial charge in [0.2, 0.25) is 0 Å². The Hall–Kier alpha value is -1.58. The van der Waals surface area contributed by atoms with Crippen molar-refractivity contribution < 1.29 is 0 Å². The zero-order valence-electron chi connectivity index (χ0n) is 6.26. The van der Waals surface area contributed by atoms with Gasteiger partial charge in [0, 0.05) is 18.8 Å². The molecule has 0 aliphatic heterocycles. The van der Waals surface area contributed by atoms with Gasteiger partial charge in [0.1, 0.15) is 0 Å². The summed E-state index contributed by atoms with van der Waals surface area (Å²) in [7, 11) is 1.79. The zero-order chi connectivity index (χ0) is 8.10. The number of nitrogens with one attached hydrogen (secondary N) is 3. The van der Waals surface area contributed by atoms with Gasteiger partial charge in [-0.25, -0.2) is 0 Å². The van der Waals surface area contributed by atoms with E-state index in [-0.39, 0.29) is 0 Å². The second-order valence-electron chi connectivity index (χ2n) is 2.02. The highest BCUT2D eigenvalue weighted by Crippen LogP contribution is 1.95. The van der Waals surface area contributed by atoms with Crippen LogP contribution in [-0.4, -0.2) is 23.0 Å². The summed E-state index contributed by atoms with van der Waals surface area (Å²) >= 11 is 0. The van der Waals surface area contributed by atoms with Crippen LogP contribution >= 0.6 is 0 Å². The molecule has 1 heterocycles. The number of aromatic nitrogens is 2. The molecule has 4 nitrogen and oxygen atoms in total. The van der Waals surface area contributed by atoms with Crippen LogP contribution in [0.4, 0.5) is 0 Å². The van der Waals surface area contributed by atoms with Gasteiger partial charge in [-0.05, 0) is 12.3 Å². The summed E-state index contributed by atoms with van der Waals surface area (Å²) in [5, 5.41) is 16.6. The fraction of sp³-hybridized carbons (Fsp3) is 0.143. The SMILES string of the molecule is CN/C=C\C(=N)c1cn[nH]c1. The Morgan fingerprint density at radius 1 is 1.82 bits per heavy atom. The summed E-state index contributed by atoms with van der Waals surface area (Å²) in [6.07, 6.45) is 6.67. The van der Waals surface area contributed by atoms with Gasteiger partial charge in [0.15, 0.2) is 0 Å². The third-order valence-corrected chi connectivity index (χ3v) is 1.23. The standard InChI is InChI=1S/C7H10N4/c1-9-3-2-7(8)6-4-10-11-5-6/h2-5,8-9H,1H3,(H,10,11)/b3-2-,8-7?. The van der Waals surface area contributed by atoms with Gasteiger partial charge in [0.25, 0.3) is 0 Å². The van der Waals surface area contributed by atoms with Crippen LogP contribution in [0.25, 0.3) is 0 Å². The lowest BCUT2D eigenvalue weighted by atomic mass is 10.2. The predicted molar refractivity (Wildman–Crippen MR) is 43.6 cm³/mol. The van der Waals surface area contributed by atoms with Gasteiger partial charge in [0.05, 0.1) is 11.9 Å². The summed E-state index contributed by atoms with van der Waals surface area (Å²) in [4.78, 5) is 0. The molecule has 0 unspecified atom stereocenters. The third kappa shape index (κ3) is 1.93. The van der Waals surface area contributed by atoms with Gasteiger partial charge in [-0.2, -0.15) is 5.10 Å². The third-order valence-electron chi connectivity index (χ3n) is 1.23. The van der Waals surface area contributed by atoms with Crippen LogP contribution in [0.5, 0.6) is 0 Å². The lowest BCUT2D eigenvalue weighted by molar-refractivity contribution is 1.09. The normalized spacial score (nSPS) is 10.3. The number of hydrogen-bond donors (Lipinski definition) is 3. The quantitative estimate of drug-likeness (QED) is 0.550. The maximum Gasteiger partial charge on any atom is 0.0658 e. The molecule has 3 N–H and O–H groups in total. The van der Waals surface area contributed by atoms with E-state index in [0.29, 0.717) is 5.71 Å². The molecule has 0 radical (unpaired) electrons. The number of aromatic amines is 1. The summed E-state index contributed by atoms with van der Waals surface area (Å²) in [5.74, 6) is 0. The molecule has 0 aromatic carbocycles. The number of allylic oxidation sites excluding steroid dienone is 1. The fourth-order valence-electron chi connectivity index (χ4n) is 0.661. The molecule has 0 atom stereocenters. The molecule has 0 spiro atoms. The average Bonchev–Trinajstić information content (AvgIpc) is 2.52. The van der Waals surface area contributed by atoms with Gasteiger partial charge >= 0.3 is 0 Å². The van der Waals surface area contributed by atoms with Crippen LogP contribution in [0.15, 0.2) is 24.7 Å². The van der Waals surface area contributed by atoms with E-state index < -0.39 is 0 Å². The van der Waals surface area contributed by atoms with Crippen LogP contribution in [-0.2, 0) is 0 Å². The molecule has 58 valence electrons. The first-order valence-electron chi connectivity index (χ1n) is 3.26. The largest absolute Gasteiger partial charge is 0.394 e. The lowest BCUT2D eigenvalue weighted by Gasteiger charge is -1.90. The van der Waals surface area contributed by atoms with Gasteiger partial charge in [-0.15, -0.1) is 0 Å². The maximum absolute atomic E-state index is 7.46. The van der Waals surface area contributed by atoms with Crippen molar-refractivity contribution in [3.05, 3.63) is 30.2 Å². The Morgan fingerprint density at radius 3 is 3.18 bits per heavy atom. The van der Waals surface area contributed by atoms with Crippen molar-refractivity contribution in [1.82, 2.24) is 15.5 Å². The van der Waals surface area contributed by atoms with E-state index in [1.807, 2.05) is 0 Å². The molecular formula is C7H10N4. The minimum Gasteiger partial charge on any atom is -0.394 e. The Labute approximate surface area is 64.8 Å². The smallest absolute Gasteiger partial charge is 0.0658 e. The fourth-order valence-corrected chi connectivity index (χ4v) is 0.661. The minimum absolute atomic E-state index is 0.438. The molecule has 0 aliphatic rings. The topological polar surface area (TPSA) is 64.6 Å². The molecule has 1 aromatic heterocycles. The second kappa shape index (κ2) is 3.55. The molecule has 0 bridgehead atoms. The maximum atomic E-state index is 7.46. The zero-order valence-corrected chi connectivity index (χ0v) is 6.26. The van der Waals surface area contributed by atoms with E-state index in [0.717, 1.165) is 5.56 Å². The van der Waals surface area contributed by atoms with E-state index >= 15 is 0 Å². The second-order valence-corrected chi connectivity index (χ2v) is 2.02. The van der Waals surface area contributed by atoms with Crippen molar-refractivity contribution in [2.24, 2.45) is 0 Å². The van der Waals surface area contributed by atoms with Gasteiger partial charge in [-0.3, -0.25) is 5.10 Å². The van der Waals surface area contributed by atoms with Crippen LogP contribution in [0, 0.1) is 5.41 Å². The highest BCUT2D eigenvalue weighted by atomic mass is 15.1. The van der Waals surface area contributed by atoms with Crippen LogP contribution < -0.4 is 5.32 Å². The van der Waals surface area contributed by atoms with Crippen LogP contribution in [0.3, 0.4) is 0 Å². The molecular weight excluding hydrogens is 140 g/mol. The van der Waals surface area contributed by atoms with Crippen molar-refractivity contribution in [1.29, 1.82) is 5.41 Å². The Balaban J connectivity index is 2.64. The number of hydrogen-bond acceptors (Lipinski definition) is 3. The van der Waals surface area contributed by atoms with E-state index in [4.69, 9.17) is 5.41 Å². The van der Waals surface area contributed by atoms with Crippen molar-refractivity contribution in [2.75, 3.05) is 7.05 Å². The molecule has 0 saturated heterocycles. The van der Waals surface area contributed by atoms with Crippen molar-refractivity contribution in [3.63, 3.8) is 0 Å². The van der Waals surface area contributed by atoms with Crippen LogP contribution in [0.1, 0.15) is 5.56 Å². The molecule has 1 rings (SSSR count). The first kappa shape index (κ1) is 7.53. The van der Waals surface area contributed by atoms with Gasteiger partial charge in [-0.1, -0.05) is 0 Å². The Morgan fingerprint density at radius 2 is 2.64 bits per heavy atom. The number of H-pyrrole nitrogens is 1. The summed E-state index contributed by atoms with van der Waals surface area (Å²) < 4.78 is 0. The summed E-state index contributed by atoms with van der Waals surface area (Å²) in [6, 6.07) is 0. The summed E-state index contributed by atoms with van der Waals surface area (Å²) in [6.45, 7) is 0. The van der Waals surface area contributed by atoms with Crippen molar-refractivity contribution in [2.45, 2.75) is 0 Å². The Kier molecular flexibility index (Phi) is 2.43. The first-order valence-corrected chi connectivity index (χ1v) is 3.26. The van der Waals surface area contributed by atoms with Crippen molar-refractivity contribution in [3.8, 4) is 0 Å². The van der Waals surface area contributed by atoms with E-state index in [1.165, 1.54) is 0 Å². The predicted octanol–water partition coefficient (Wildman–Crippen LogP) is 0.511. The highest BCUT2D eigenvalue weighted by Gasteiger charge is 1.95. The summed E-state index contributed by atoms with van der Waals surface area (Å²) in [5.41, 5.74) is 1.23. The molecule has 0 saturated carbocycles. The molecule has 4 heteroatoms. The average molecular weight is 150 g/mol. The number of rotatable bonds is 3. The molecule has 0 fully saturated rings. The Bertz CT molecular complexity index is 247. The lowest BCUT2D eigenvalue weighted by Crippen LogP contribution is -1.97. The minimum atomic E-state index is 0.438. The first-order chi connectivity index (χ1) is 5.34. The molecule has 1 aromatic rings. The monoisotopic (exact) mass is 150 g/mol. The molecule has 11 heavy (non-hydrogen) atoms. The van der Waals surface area contributed by atoms with Crippen molar-refractivity contribution >= 4 is 5.71 Å². The van der Waals surface area contributed by atoms with E-state index in [1.54, 1.807) is 31.7 Å². The van der Waals surface area contributed by atoms with Crippen LogP contribution in [0.2, 0.25) is 0 Å². The molecule has 0 aliphatic carbocycles. The van der Waals surface area contributed by atoms with E-state index in [2.05, 4.69) is 15.5 Å². The molecule has 0 amide bonds. The van der Waals surface area contributed by atoms with Gasteiger partial charge < -0.3 is 10.7 Å².